The summed E-state index contributed by atoms with van der Waals surface area (Å²) in [7, 11) is 0. The van der Waals surface area contributed by atoms with Gasteiger partial charge in [-0.25, -0.2) is 14.6 Å². The van der Waals surface area contributed by atoms with E-state index in [1.54, 1.807) is 22.6 Å². The van der Waals surface area contributed by atoms with Crippen LogP contribution in [0.15, 0.2) is 24.5 Å². The van der Waals surface area contributed by atoms with Gasteiger partial charge in [0.25, 0.3) is 5.91 Å². The van der Waals surface area contributed by atoms with Crippen LogP contribution in [0.25, 0.3) is 22.1 Å². The summed E-state index contributed by atoms with van der Waals surface area (Å²) in [6.07, 6.45) is 3.22. The smallest absolute Gasteiger partial charge is 0.251 e. The molecule has 8 nitrogen and oxygen atoms in total. The molecule has 1 fully saturated rings. The van der Waals surface area contributed by atoms with E-state index in [-0.39, 0.29) is 11.9 Å². The summed E-state index contributed by atoms with van der Waals surface area (Å²) < 4.78 is 7.96. The number of fused-ring (bicyclic) bond motifs is 3. The normalized spacial score (nSPS) is 17.3. The summed E-state index contributed by atoms with van der Waals surface area (Å²) in [6, 6.07) is 6.62. The molecule has 3 aromatic rings. The van der Waals surface area contributed by atoms with Gasteiger partial charge in [0.05, 0.1) is 12.3 Å². The molecule has 0 bridgehead atoms. The lowest BCUT2D eigenvalue weighted by Gasteiger charge is -2.33. The molecule has 0 saturated carbocycles. The van der Waals surface area contributed by atoms with Crippen molar-refractivity contribution in [2.75, 3.05) is 19.7 Å². The van der Waals surface area contributed by atoms with E-state index in [1.807, 2.05) is 4.68 Å². The van der Waals surface area contributed by atoms with Crippen molar-refractivity contribution in [2.45, 2.75) is 58.1 Å². The predicted octanol–water partition coefficient (Wildman–Crippen LogP) is 3.67. The minimum absolute atomic E-state index is 0.183. The fourth-order valence-corrected chi connectivity index (χ4v) is 5.72. The third kappa shape index (κ3) is 4.15. The number of rotatable bonds is 4. The number of benzene rings is 1. The quantitative estimate of drug-likeness (QED) is 0.629. The number of thiazole rings is 1. The summed E-state index contributed by atoms with van der Waals surface area (Å²) in [5.41, 5.74) is 3.25. The van der Waals surface area contributed by atoms with Crippen LogP contribution in [0.1, 0.15) is 56.0 Å². The minimum atomic E-state index is -0.940. The van der Waals surface area contributed by atoms with Crippen LogP contribution in [-0.2, 0) is 11.2 Å². The Kier molecular flexibility index (Phi) is 5.92. The number of carbonyl (C=O) groups excluding carboxylic acids is 1. The highest BCUT2D eigenvalue weighted by Gasteiger charge is 2.28. The zero-order valence-corrected chi connectivity index (χ0v) is 20.0. The first kappa shape index (κ1) is 22.0. The summed E-state index contributed by atoms with van der Waals surface area (Å²) in [5, 5.41) is 14.9. The Hall–Kier alpha value is -2.78. The van der Waals surface area contributed by atoms with Gasteiger partial charge < -0.3 is 14.7 Å². The zero-order chi connectivity index (χ0) is 23.1. The van der Waals surface area contributed by atoms with Crippen LogP contribution in [0.3, 0.4) is 0 Å². The Morgan fingerprint density at radius 2 is 2.03 bits per heavy atom. The van der Waals surface area contributed by atoms with Crippen molar-refractivity contribution < 1.29 is 14.6 Å². The van der Waals surface area contributed by atoms with Crippen molar-refractivity contribution in [3.63, 3.8) is 0 Å². The Labute approximate surface area is 197 Å². The first-order chi connectivity index (χ1) is 15.9. The van der Waals surface area contributed by atoms with E-state index in [9.17, 15) is 9.90 Å². The molecular formula is C24H29N5O3S. The number of ether oxygens (including phenoxy) is 1. The van der Waals surface area contributed by atoms with Crippen molar-refractivity contribution in [1.29, 1.82) is 0 Å². The lowest BCUT2D eigenvalue weighted by Crippen LogP contribution is -2.42. The summed E-state index contributed by atoms with van der Waals surface area (Å²) >= 11 is 1.67. The number of aliphatic hydroxyl groups excluding tert-OH is 1. The number of piperidine rings is 1. The average molecular weight is 468 g/mol. The molecule has 33 heavy (non-hydrogen) atoms. The number of aromatic nitrogens is 4. The molecular weight excluding hydrogens is 438 g/mol. The molecule has 1 aromatic carbocycles. The highest BCUT2D eigenvalue weighted by molar-refractivity contribution is 7.15. The topological polar surface area (TPSA) is 93.4 Å². The van der Waals surface area contributed by atoms with Gasteiger partial charge in [-0.1, -0.05) is 6.07 Å². The second-order valence-electron chi connectivity index (χ2n) is 9.04. The molecule has 0 spiro atoms. The Balaban J connectivity index is 1.44. The highest BCUT2D eigenvalue weighted by atomic mass is 32.1. The van der Waals surface area contributed by atoms with Crippen LogP contribution in [0, 0.1) is 0 Å². The fraction of sp³-hybridized carbons (Fsp3) is 0.500. The third-order valence-corrected chi connectivity index (χ3v) is 7.54. The van der Waals surface area contributed by atoms with Crippen molar-refractivity contribution in [2.24, 2.45) is 0 Å². The lowest BCUT2D eigenvalue weighted by atomic mass is 9.88. The molecule has 0 aliphatic carbocycles. The van der Waals surface area contributed by atoms with E-state index in [0.717, 1.165) is 47.1 Å². The van der Waals surface area contributed by atoms with Gasteiger partial charge in [0.15, 0.2) is 10.8 Å². The fourth-order valence-electron chi connectivity index (χ4n) is 4.67. The molecule has 174 valence electrons. The molecule has 1 amide bonds. The van der Waals surface area contributed by atoms with E-state index < -0.39 is 6.10 Å². The molecule has 5 rings (SSSR count). The largest absolute Gasteiger partial charge is 0.493 e. The Morgan fingerprint density at radius 3 is 2.76 bits per heavy atom. The van der Waals surface area contributed by atoms with Gasteiger partial charge in [-0.3, -0.25) is 4.79 Å². The van der Waals surface area contributed by atoms with Crippen molar-refractivity contribution in [1.82, 2.24) is 24.6 Å². The van der Waals surface area contributed by atoms with Crippen molar-refractivity contribution >= 4 is 17.2 Å². The second-order valence-corrected chi connectivity index (χ2v) is 10.1. The van der Waals surface area contributed by atoms with Gasteiger partial charge >= 0.3 is 0 Å². The molecule has 1 unspecified atom stereocenters. The van der Waals surface area contributed by atoms with E-state index in [0.29, 0.717) is 25.6 Å². The zero-order valence-electron chi connectivity index (χ0n) is 19.2. The lowest BCUT2D eigenvalue weighted by molar-refractivity contribution is -0.140. The molecule has 1 saturated heterocycles. The number of hydrogen-bond donors (Lipinski definition) is 1. The number of hydrogen-bond acceptors (Lipinski definition) is 7. The van der Waals surface area contributed by atoms with Crippen LogP contribution in [0.4, 0.5) is 0 Å². The van der Waals surface area contributed by atoms with Gasteiger partial charge in [0.2, 0.25) is 0 Å². The van der Waals surface area contributed by atoms with Crippen LogP contribution in [-0.4, -0.2) is 61.5 Å². The van der Waals surface area contributed by atoms with Crippen LogP contribution >= 0.6 is 11.3 Å². The average Bonchev–Trinajstić information content (AvgIpc) is 3.43. The van der Waals surface area contributed by atoms with E-state index in [2.05, 4.69) is 42.1 Å². The first-order valence-corrected chi connectivity index (χ1v) is 12.4. The first-order valence-electron chi connectivity index (χ1n) is 11.6. The van der Waals surface area contributed by atoms with Crippen LogP contribution in [0.5, 0.6) is 5.75 Å². The van der Waals surface area contributed by atoms with E-state index in [1.165, 1.54) is 17.4 Å². The molecule has 1 N–H and O–H groups in total. The number of aliphatic hydroxyl groups is 1. The predicted molar refractivity (Wildman–Crippen MR) is 126 cm³/mol. The summed E-state index contributed by atoms with van der Waals surface area (Å²) in [6.45, 7) is 7.66. The maximum Gasteiger partial charge on any atom is 0.251 e. The maximum atomic E-state index is 12.1. The number of likely N-dealkylation sites (tertiary alicyclic amines) is 1. The summed E-state index contributed by atoms with van der Waals surface area (Å²) in [4.78, 5) is 24.6. The third-order valence-electron chi connectivity index (χ3n) is 6.43. The van der Waals surface area contributed by atoms with Gasteiger partial charge in [-0.15, -0.1) is 11.3 Å². The Bertz CT molecular complexity index is 1160. The van der Waals surface area contributed by atoms with Gasteiger partial charge in [-0.2, -0.15) is 5.10 Å². The molecule has 2 aromatic heterocycles. The number of amides is 1. The monoisotopic (exact) mass is 467 g/mol. The molecule has 2 aliphatic heterocycles. The van der Waals surface area contributed by atoms with Gasteiger partial charge in [0.1, 0.15) is 18.2 Å². The molecule has 2 aliphatic rings. The van der Waals surface area contributed by atoms with Crippen molar-refractivity contribution in [3.05, 3.63) is 35.0 Å². The van der Waals surface area contributed by atoms with Crippen LogP contribution < -0.4 is 4.74 Å². The number of carbonyl (C=O) groups is 1. The van der Waals surface area contributed by atoms with E-state index >= 15 is 0 Å². The molecule has 4 heterocycles. The highest BCUT2D eigenvalue weighted by Crippen LogP contribution is 2.42. The van der Waals surface area contributed by atoms with Crippen LogP contribution in [0.2, 0.25) is 0 Å². The summed E-state index contributed by atoms with van der Waals surface area (Å²) in [5.74, 6) is 1.85. The standard InChI is InChI=1S/C24H29N5O3S/c1-14(2)29-22(25-13-26-29)23-27-21-18-12-17(4-5-19(18)32-11-8-20(21)33-23)16-6-9-28(10-7-16)24(31)15(3)30/h4-5,12-16,30H,6-11H2,1-3H3. The number of nitrogens with zero attached hydrogens (tertiary/aromatic N) is 5. The van der Waals surface area contributed by atoms with Crippen molar-refractivity contribution in [3.8, 4) is 27.8 Å². The molecule has 1 atom stereocenters. The molecule has 0 radical (unpaired) electrons. The maximum absolute atomic E-state index is 12.1. The minimum Gasteiger partial charge on any atom is -0.493 e. The SMILES string of the molecule is CC(O)C(=O)N1CCC(c2ccc3c(c2)-c2nc(-c4ncnn4C(C)C)sc2CCO3)CC1. The Morgan fingerprint density at radius 1 is 1.24 bits per heavy atom. The van der Waals surface area contributed by atoms with E-state index in [4.69, 9.17) is 9.72 Å². The van der Waals surface area contributed by atoms with Gasteiger partial charge in [0, 0.05) is 36.0 Å². The molecule has 9 heteroatoms. The second kappa shape index (κ2) is 8.87. The van der Waals surface area contributed by atoms with Gasteiger partial charge in [-0.05, 0) is 57.2 Å².